The van der Waals surface area contributed by atoms with Crippen LogP contribution in [0.15, 0.2) is 30.6 Å². The first kappa shape index (κ1) is 19.0. The zero-order valence-electron chi connectivity index (χ0n) is 16.5. The average molecular weight is 416 g/mol. The quantitative estimate of drug-likeness (QED) is 0.669. The number of likely N-dealkylation sites (N-methyl/N-ethyl adjacent to an activating group) is 1. The standard InChI is InChI=1S/C20H22F2N6O2/c1-26-6-5-15(11-26)30-16-10-23-28(20(21)22)18(16)13-4-7-27-14(8-13)9-17(25-27)24-19(29)12-2-3-12/h4,7-10,12,15,20H,2-3,5-6,11H2,1H3,(H,24,25,29)/t15-/m0/s1. The van der Waals surface area contributed by atoms with Crippen LogP contribution in [0.4, 0.5) is 14.6 Å². The maximum Gasteiger partial charge on any atom is 0.333 e. The van der Waals surface area contributed by atoms with Crippen LogP contribution in [0.3, 0.4) is 0 Å². The molecule has 5 rings (SSSR count). The molecule has 0 unspecified atom stereocenters. The average Bonchev–Trinajstić information content (AvgIpc) is 3.16. The fraction of sp³-hybridized carbons (Fsp3) is 0.450. The Labute approximate surface area is 171 Å². The SMILES string of the molecule is CN1CC[C@H](Oc2cnn(C(F)F)c2-c2ccn3nc(NC(=O)C4CC4)cc3c2)C1. The number of rotatable bonds is 6. The number of aromatic nitrogens is 4. The summed E-state index contributed by atoms with van der Waals surface area (Å²) in [6, 6.07) is 5.15. The number of hydrogen-bond donors (Lipinski definition) is 1. The van der Waals surface area contributed by atoms with E-state index in [1.165, 1.54) is 6.20 Å². The summed E-state index contributed by atoms with van der Waals surface area (Å²) in [5, 5.41) is 11.0. The summed E-state index contributed by atoms with van der Waals surface area (Å²) in [5.41, 5.74) is 1.45. The van der Waals surface area contributed by atoms with E-state index in [1.807, 2.05) is 7.05 Å². The van der Waals surface area contributed by atoms with Crippen molar-refractivity contribution in [2.45, 2.75) is 31.9 Å². The van der Waals surface area contributed by atoms with Crippen molar-refractivity contribution >= 4 is 17.2 Å². The second-order valence-corrected chi connectivity index (χ2v) is 7.95. The predicted octanol–water partition coefficient (Wildman–Crippen LogP) is 3.02. The Bertz CT molecular complexity index is 1090. The van der Waals surface area contributed by atoms with Crippen molar-refractivity contribution in [3.05, 3.63) is 30.6 Å². The Morgan fingerprint density at radius 3 is 2.83 bits per heavy atom. The molecule has 4 heterocycles. The van der Waals surface area contributed by atoms with E-state index in [-0.39, 0.29) is 23.6 Å². The molecule has 1 amide bonds. The summed E-state index contributed by atoms with van der Waals surface area (Å²) in [6.45, 7) is -1.15. The van der Waals surface area contributed by atoms with Gasteiger partial charge in [-0.25, -0.2) is 4.52 Å². The Morgan fingerprint density at radius 1 is 1.30 bits per heavy atom. The number of ether oxygens (including phenoxy) is 1. The number of nitrogens with one attached hydrogen (secondary N) is 1. The minimum atomic E-state index is -2.79. The number of carbonyl (C=O) groups is 1. The lowest BCUT2D eigenvalue weighted by Crippen LogP contribution is -2.21. The first-order valence-corrected chi connectivity index (χ1v) is 9.99. The van der Waals surface area contributed by atoms with E-state index >= 15 is 0 Å². The molecule has 0 bridgehead atoms. The minimum Gasteiger partial charge on any atom is -0.485 e. The number of pyridine rings is 1. The van der Waals surface area contributed by atoms with Crippen molar-refractivity contribution < 1.29 is 18.3 Å². The summed E-state index contributed by atoms with van der Waals surface area (Å²) in [7, 11) is 2.00. The van der Waals surface area contributed by atoms with Crippen LogP contribution in [0.2, 0.25) is 0 Å². The highest BCUT2D eigenvalue weighted by molar-refractivity contribution is 5.93. The molecular weight excluding hydrogens is 394 g/mol. The van der Waals surface area contributed by atoms with E-state index in [0.29, 0.717) is 27.3 Å². The van der Waals surface area contributed by atoms with Crippen LogP contribution >= 0.6 is 0 Å². The predicted molar refractivity (Wildman–Crippen MR) is 106 cm³/mol. The molecule has 1 aliphatic heterocycles. The van der Waals surface area contributed by atoms with Crippen LogP contribution in [-0.4, -0.2) is 56.4 Å². The molecule has 3 aromatic heterocycles. The highest BCUT2D eigenvalue weighted by atomic mass is 19.3. The van der Waals surface area contributed by atoms with Crippen LogP contribution in [0, 0.1) is 5.92 Å². The molecule has 2 fully saturated rings. The Balaban J connectivity index is 1.47. The van der Waals surface area contributed by atoms with Crippen LogP contribution < -0.4 is 10.1 Å². The lowest BCUT2D eigenvalue weighted by atomic mass is 10.1. The number of carbonyl (C=O) groups excluding carboxylic acids is 1. The molecule has 1 atom stereocenters. The van der Waals surface area contributed by atoms with Gasteiger partial charge in [0.1, 0.15) is 11.8 Å². The van der Waals surface area contributed by atoms with Crippen molar-refractivity contribution in [2.75, 3.05) is 25.5 Å². The van der Waals surface area contributed by atoms with E-state index in [9.17, 15) is 13.6 Å². The maximum absolute atomic E-state index is 13.6. The summed E-state index contributed by atoms with van der Waals surface area (Å²) in [6.07, 6.45) is 5.60. The molecule has 3 aromatic rings. The Kier molecular flexibility index (Phi) is 4.65. The molecule has 1 saturated carbocycles. The first-order chi connectivity index (χ1) is 14.5. The highest BCUT2D eigenvalue weighted by Gasteiger charge is 2.30. The van der Waals surface area contributed by atoms with Crippen LogP contribution in [0.1, 0.15) is 25.8 Å². The molecule has 1 aliphatic carbocycles. The molecule has 1 N–H and O–H groups in total. The molecule has 8 nitrogen and oxygen atoms in total. The Morgan fingerprint density at radius 2 is 2.13 bits per heavy atom. The smallest absolute Gasteiger partial charge is 0.333 e. The maximum atomic E-state index is 13.6. The van der Waals surface area contributed by atoms with E-state index in [4.69, 9.17) is 4.74 Å². The second-order valence-electron chi connectivity index (χ2n) is 7.95. The normalized spacial score (nSPS) is 19.7. The number of alkyl halides is 2. The van der Waals surface area contributed by atoms with Gasteiger partial charge in [-0.15, -0.1) is 0 Å². The van der Waals surface area contributed by atoms with Gasteiger partial charge >= 0.3 is 6.55 Å². The first-order valence-electron chi connectivity index (χ1n) is 9.99. The van der Waals surface area contributed by atoms with Gasteiger partial charge in [0, 0.05) is 36.8 Å². The molecule has 30 heavy (non-hydrogen) atoms. The number of fused-ring (bicyclic) bond motifs is 1. The summed E-state index contributed by atoms with van der Waals surface area (Å²) >= 11 is 0. The molecule has 10 heteroatoms. The molecule has 1 saturated heterocycles. The van der Waals surface area contributed by atoms with Crippen LogP contribution in [-0.2, 0) is 4.79 Å². The summed E-state index contributed by atoms with van der Waals surface area (Å²) in [5.74, 6) is 0.810. The number of amides is 1. The number of halogens is 2. The molecule has 2 aliphatic rings. The monoisotopic (exact) mass is 416 g/mol. The van der Waals surface area contributed by atoms with E-state index in [0.717, 1.165) is 32.4 Å². The van der Waals surface area contributed by atoms with Crippen molar-refractivity contribution in [2.24, 2.45) is 5.92 Å². The van der Waals surface area contributed by atoms with Crippen molar-refractivity contribution in [3.8, 4) is 17.0 Å². The van der Waals surface area contributed by atoms with Crippen molar-refractivity contribution in [1.29, 1.82) is 0 Å². The largest absolute Gasteiger partial charge is 0.485 e. The second kappa shape index (κ2) is 7.35. The zero-order chi connectivity index (χ0) is 20.8. The number of hydrogen-bond acceptors (Lipinski definition) is 5. The van der Waals surface area contributed by atoms with Crippen molar-refractivity contribution in [3.63, 3.8) is 0 Å². The molecule has 158 valence electrons. The van der Waals surface area contributed by atoms with Gasteiger partial charge in [-0.1, -0.05) is 0 Å². The summed E-state index contributed by atoms with van der Waals surface area (Å²) in [4.78, 5) is 14.1. The number of likely N-dealkylation sites (tertiary alicyclic amines) is 1. The lowest BCUT2D eigenvalue weighted by molar-refractivity contribution is -0.117. The fourth-order valence-electron chi connectivity index (χ4n) is 3.80. The highest BCUT2D eigenvalue weighted by Crippen LogP contribution is 2.35. The third-order valence-corrected chi connectivity index (χ3v) is 5.52. The van der Waals surface area contributed by atoms with Gasteiger partial charge in [0.25, 0.3) is 0 Å². The van der Waals surface area contributed by atoms with Gasteiger partial charge in [0.05, 0.1) is 11.7 Å². The van der Waals surface area contributed by atoms with Gasteiger partial charge in [0.15, 0.2) is 11.6 Å². The van der Waals surface area contributed by atoms with Gasteiger partial charge < -0.3 is 15.0 Å². The third-order valence-electron chi connectivity index (χ3n) is 5.52. The molecule has 0 spiro atoms. The third kappa shape index (κ3) is 3.62. The molecular formula is C20H22F2N6O2. The molecule has 0 radical (unpaired) electrons. The lowest BCUT2D eigenvalue weighted by Gasteiger charge is -2.15. The van der Waals surface area contributed by atoms with Gasteiger partial charge in [0.2, 0.25) is 5.91 Å². The van der Waals surface area contributed by atoms with Crippen LogP contribution in [0.5, 0.6) is 5.75 Å². The van der Waals surface area contributed by atoms with E-state index in [2.05, 4.69) is 20.4 Å². The number of nitrogens with zero attached hydrogens (tertiary/aromatic N) is 5. The fourth-order valence-corrected chi connectivity index (χ4v) is 3.80. The van der Waals surface area contributed by atoms with Crippen molar-refractivity contribution in [1.82, 2.24) is 24.3 Å². The van der Waals surface area contributed by atoms with E-state index < -0.39 is 6.55 Å². The van der Waals surface area contributed by atoms with Gasteiger partial charge in [-0.2, -0.15) is 23.7 Å². The van der Waals surface area contributed by atoms with Gasteiger partial charge in [-0.05, 0) is 38.4 Å². The molecule has 0 aromatic carbocycles. The zero-order valence-corrected chi connectivity index (χ0v) is 16.5. The topological polar surface area (TPSA) is 76.7 Å². The minimum absolute atomic E-state index is 0.0355. The number of anilines is 1. The van der Waals surface area contributed by atoms with E-state index in [1.54, 1.807) is 28.9 Å². The van der Waals surface area contributed by atoms with Crippen LogP contribution in [0.25, 0.3) is 16.8 Å². The van der Waals surface area contributed by atoms with Gasteiger partial charge in [-0.3, -0.25) is 4.79 Å². The Hall–Kier alpha value is -3.01. The summed E-state index contributed by atoms with van der Waals surface area (Å²) < 4.78 is 35.5.